The van der Waals surface area contributed by atoms with E-state index in [1.807, 2.05) is 0 Å². The third-order valence-corrected chi connectivity index (χ3v) is 6.99. The monoisotopic (exact) mass is 559 g/mol. The minimum atomic E-state index is -4.77. The molecule has 1 aliphatic rings. The van der Waals surface area contributed by atoms with Crippen molar-refractivity contribution in [1.82, 2.24) is 15.0 Å². The predicted octanol–water partition coefficient (Wildman–Crippen LogP) is 5.00. The number of pyridine rings is 3. The Bertz CT molecular complexity index is 1720. The highest BCUT2D eigenvalue weighted by molar-refractivity contribution is 5.92. The molecule has 40 heavy (non-hydrogen) atoms. The molecule has 0 aliphatic carbocycles. The van der Waals surface area contributed by atoms with Gasteiger partial charge in [-0.05, 0) is 44.0 Å². The predicted molar refractivity (Wildman–Crippen MR) is 136 cm³/mol. The van der Waals surface area contributed by atoms with E-state index >= 15 is 0 Å². The summed E-state index contributed by atoms with van der Waals surface area (Å²) in [7, 11) is 0. The summed E-state index contributed by atoms with van der Waals surface area (Å²) in [5.74, 6) is -3.38. The summed E-state index contributed by atoms with van der Waals surface area (Å²) in [6.45, 7) is 3.14. The molecular formula is C27H22F5N5O3. The smallest absolute Gasteiger partial charge is 0.418 e. The number of nitrogens with zero attached hydrogens (tertiary/aromatic N) is 3. The fraction of sp³-hybridized carbons (Fsp3) is 0.259. The van der Waals surface area contributed by atoms with Crippen molar-refractivity contribution in [3.05, 3.63) is 75.2 Å². The average Bonchev–Trinajstić information content (AvgIpc) is 3.39. The van der Waals surface area contributed by atoms with Gasteiger partial charge in [-0.15, -0.1) is 0 Å². The highest BCUT2D eigenvalue weighted by Crippen LogP contribution is 2.41. The lowest BCUT2D eigenvalue weighted by molar-refractivity contribution is -0.138. The molecule has 5 rings (SSSR count). The van der Waals surface area contributed by atoms with Crippen LogP contribution < -0.4 is 20.8 Å². The van der Waals surface area contributed by atoms with Crippen molar-refractivity contribution in [2.45, 2.75) is 26.4 Å². The molecule has 3 aromatic heterocycles. The van der Waals surface area contributed by atoms with Gasteiger partial charge in [0.05, 0.1) is 33.6 Å². The zero-order valence-corrected chi connectivity index (χ0v) is 21.2. The first-order chi connectivity index (χ1) is 18.9. The van der Waals surface area contributed by atoms with Crippen LogP contribution in [0.4, 0.5) is 27.8 Å². The van der Waals surface area contributed by atoms with E-state index in [-0.39, 0.29) is 51.5 Å². The summed E-state index contributed by atoms with van der Waals surface area (Å²) in [4.78, 5) is 37.9. The largest absolute Gasteiger partial charge is 0.438 e. The van der Waals surface area contributed by atoms with Crippen LogP contribution in [-0.4, -0.2) is 33.9 Å². The molecule has 1 amide bonds. The number of nitrogens with two attached hydrogens (primary N) is 1. The first-order valence-electron chi connectivity index (χ1n) is 12.1. The van der Waals surface area contributed by atoms with Crippen molar-refractivity contribution in [2.24, 2.45) is 11.7 Å². The van der Waals surface area contributed by atoms with Crippen molar-refractivity contribution in [3.8, 4) is 22.9 Å². The maximum atomic E-state index is 14.2. The molecule has 1 atom stereocenters. The lowest BCUT2D eigenvalue weighted by Crippen LogP contribution is -2.28. The molecule has 4 heterocycles. The zero-order valence-electron chi connectivity index (χ0n) is 21.2. The number of alkyl halides is 3. The molecule has 3 N–H and O–H groups in total. The number of carbonyl (C=O) groups excluding carboxylic acids is 1. The number of rotatable bonds is 5. The summed E-state index contributed by atoms with van der Waals surface area (Å²) in [5, 5.41) is 0.174. The maximum Gasteiger partial charge on any atom is 0.418 e. The Balaban J connectivity index is 1.68. The number of nitrogens with one attached hydrogen (secondary N) is 1. The van der Waals surface area contributed by atoms with Crippen LogP contribution in [0, 0.1) is 31.4 Å². The van der Waals surface area contributed by atoms with Gasteiger partial charge in [0.15, 0.2) is 17.1 Å². The van der Waals surface area contributed by atoms with Gasteiger partial charge in [0.1, 0.15) is 11.6 Å². The van der Waals surface area contributed by atoms with Gasteiger partial charge < -0.3 is 20.4 Å². The van der Waals surface area contributed by atoms with E-state index in [2.05, 4.69) is 15.0 Å². The first kappa shape index (κ1) is 27.0. The number of H-pyrrole nitrogens is 1. The van der Waals surface area contributed by atoms with Gasteiger partial charge >= 0.3 is 6.18 Å². The molecule has 1 aliphatic heterocycles. The normalized spacial score (nSPS) is 15.6. The van der Waals surface area contributed by atoms with E-state index in [0.29, 0.717) is 25.0 Å². The molecule has 13 heteroatoms. The molecule has 0 spiro atoms. The average molecular weight is 559 g/mol. The Labute approximate surface area is 223 Å². The molecule has 0 radical (unpaired) electrons. The van der Waals surface area contributed by atoms with Crippen LogP contribution in [0.1, 0.15) is 23.1 Å². The topological polar surface area (TPSA) is 114 Å². The van der Waals surface area contributed by atoms with Gasteiger partial charge in [0, 0.05) is 37.1 Å². The van der Waals surface area contributed by atoms with E-state index in [0.717, 1.165) is 18.2 Å². The number of primary amides is 1. The highest BCUT2D eigenvalue weighted by Gasteiger charge is 2.36. The number of aromatic amines is 1. The number of fused-ring (bicyclic) bond motifs is 1. The summed E-state index contributed by atoms with van der Waals surface area (Å²) >= 11 is 0. The van der Waals surface area contributed by atoms with Crippen LogP contribution in [0.15, 0.2) is 41.5 Å². The number of amides is 1. The third kappa shape index (κ3) is 4.71. The second-order valence-electron chi connectivity index (χ2n) is 9.50. The van der Waals surface area contributed by atoms with Gasteiger partial charge in [0.2, 0.25) is 11.8 Å². The van der Waals surface area contributed by atoms with Gasteiger partial charge in [-0.2, -0.15) is 13.2 Å². The van der Waals surface area contributed by atoms with Crippen molar-refractivity contribution in [2.75, 3.05) is 18.0 Å². The van der Waals surface area contributed by atoms with Crippen molar-refractivity contribution in [1.29, 1.82) is 0 Å². The number of anilines is 1. The SMILES string of the molecule is Cc1c(Oc2ncc(C(F)(F)F)c(C)c2-c2cc(=O)c3c(N4CC[C@H](C(N)=O)C4)nccc3[nH]2)ccc(F)c1F. The minimum Gasteiger partial charge on any atom is -0.438 e. The second kappa shape index (κ2) is 9.88. The van der Waals surface area contributed by atoms with Crippen LogP contribution in [0.3, 0.4) is 0 Å². The minimum absolute atomic E-state index is 0.0441. The zero-order chi connectivity index (χ0) is 28.9. The van der Waals surface area contributed by atoms with Gasteiger partial charge in [-0.25, -0.2) is 18.7 Å². The molecule has 0 bridgehead atoms. The first-order valence-corrected chi connectivity index (χ1v) is 12.1. The van der Waals surface area contributed by atoms with Gasteiger partial charge in [-0.1, -0.05) is 0 Å². The Morgan fingerprint density at radius 1 is 1.15 bits per heavy atom. The van der Waals surface area contributed by atoms with Crippen LogP contribution >= 0.6 is 0 Å². The van der Waals surface area contributed by atoms with E-state index < -0.39 is 40.6 Å². The number of hydrogen-bond acceptors (Lipinski definition) is 6. The van der Waals surface area contributed by atoms with Crippen molar-refractivity contribution >= 4 is 22.6 Å². The molecule has 1 fully saturated rings. The van der Waals surface area contributed by atoms with E-state index in [9.17, 15) is 31.5 Å². The van der Waals surface area contributed by atoms with Crippen molar-refractivity contribution in [3.63, 3.8) is 0 Å². The maximum absolute atomic E-state index is 14.2. The lowest BCUT2D eigenvalue weighted by atomic mass is 10.0. The van der Waals surface area contributed by atoms with Crippen LogP contribution in [0.2, 0.25) is 0 Å². The number of carbonyl (C=O) groups is 1. The number of halogens is 5. The van der Waals surface area contributed by atoms with Gasteiger partial charge in [-0.3, -0.25) is 9.59 Å². The van der Waals surface area contributed by atoms with Gasteiger partial charge in [0.25, 0.3) is 0 Å². The fourth-order valence-corrected chi connectivity index (χ4v) is 4.85. The lowest BCUT2D eigenvalue weighted by Gasteiger charge is -2.20. The summed E-state index contributed by atoms with van der Waals surface area (Å²) in [6.07, 6.45) is -2.28. The molecule has 208 valence electrons. The molecular weight excluding hydrogens is 537 g/mol. The Kier molecular flexibility index (Phi) is 6.68. The summed E-state index contributed by atoms with van der Waals surface area (Å²) in [5.41, 5.74) is 3.32. The highest BCUT2D eigenvalue weighted by atomic mass is 19.4. The Hall–Kier alpha value is -4.55. The van der Waals surface area contributed by atoms with E-state index in [4.69, 9.17) is 10.5 Å². The number of ether oxygens (including phenoxy) is 1. The molecule has 1 saturated heterocycles. The quantitative estimate of drug-likeness (QED) is 0.333. The van der Waals surface area contributed by atoms with E-state index in [1.54, 1.807) is 4.90 Å². The van der Waals surface area contributed by atoms with E-state index in [1.165, 1.54) is 26.1 Å². The summed E-state index contributed by atoms with van der Waals surface area (Å²) < 4.78 is 75.0. The summed E-state index contributed by atoms with van der Waals surface area (Å²) in [6, 6.07) is 4.54. The Morgan fingerprint density at radius 3 is 2.58 bits per heavy atom. The van der Waals surface area contributed by atoms with Crippen LogP contribution in [-0.2, 0) is 11.0 Å². The fourth-order valence-electron chi connectivity index (χ4n) is 4.85. The molecule has 4 aromatic rings. The van der Waals surface area contributed by atoms with Crippen molar-refractivity contribution < 1.29 is 31.5 Å². The van der Waals surface area contributed by atoms with Crippen LogP contribution in [0.25, 0.3) is 22.2 Å². The second-order valence-corrected chi connectivity index (χ2v) is 9.50. The standard InChI is InChI=1S/C27H22F5N5O3/c1-12-15(27(30,31)32)10-35-26(40-20-4-3-16(28)23(29)13(20)2)21(12)18-9-19(38)22-17(36-18)5-7-34-25(22)37-8-6-14(11-37)24(33)39/h3-5,7,9-10,14H,6,8,11H2,1-2H3,(H2,33,39)(H,36,38)/t14-/m0/s1. The Morgan fingerprint density at radius 2 is 1.90 bits per heavy atom. The third-order valence-electron chi connectivity index (χ3n) is 6.99. The number of aromatic nitrogens is 3. The molecule has 1 aromatic carbocycles. The number of benzene rings is 1. The molecule has 8 nitrogen and oxygen atoms in total. The van der Waals surface area contributed by atoms with Crippen LogP contribution in [0.5, 0.6) is 11.6 Å². The molecule has 0 saturated carbocycles. The molecule has 0 unspecified atom stereocenters. The number of hydrogen-bond donors (Lipinski definition) is 2.